The quantitative estimate of drug-likeness (QED) is 0.0673. The largest absolute Gasteiger partial charge is 0.486 e. The number of rotatable bonds is 14. The number of nitrogens with one attached hydrogen (secondary N) is 3. The molecule has 0 aliphatic carbocycles. The van der Waals surface area contributed by atoms with E-state index in [1.807, 2.05) is 118 Å². The molecule has 26 nitrogen and oxygen atoms in total. The number of fused-ring (bicyclic) bond motifs is 18. The number of nitrogens with zero attached hydrogens (tertiary/aromatic N) is 15. The third-order valence-electron chi connectivity index (χ3n) is 28.9. The number of hydrogen-bond donors (Lipinski definition) is 3. The van der Waals surface area contributed by atoms with E-state index >= 15 is 26.3 Å². The van der Waals surface area contributed by atoms with Gasteiger partial charge in [0.05, 0.1) is 161 Å². The summed E-state index contributed by atoms with van der Waals surface area (Å²) in [6.07, 6.45) is 14.6. The molecule has 9 aromatic heterocycles. The summed E-state index contributed by atoms with van der Waals surface area (Å²) in [6, 6.07) is 17.1. The van der Waals surface area contributed by atoms with Crippen molar-refractivity contribution in [3.8, 4) is 61.9 Å². The maximum Gasteiger partial charge on any atom is 0.300 e. The SMILES string of the molecule is C=CC(=O)C1CC2CCOc3c(c4cc(F)c(-c5c(C)ccc6[nH]cnc56)c(F)c4n(-c4c(C)ccnc4C(C)C)c3=O)N2CC1C.C=CC(=O)N1CC2COc3c(c4cc(F)c(-c5c(C)ccc6[nH]cnc56)c(F)c4n(-c4c(C(C)C)ncnc4C(C)C)c3=O)N2CC1C.C=CC(=O)N1CC2Cc3c(c4cc(F)c(-c5c(C)ccc6[nH]cnc56)c(F)c4n(-c4c(C)ccnc4C(C)C)c3=O)N2CC1C. The number of amides is 2. The highest BCUT2D eigenvalue weighted by Gasteiger charge is 2.47. The van der Waals surface area contributed by atoms with Gasteiger partial charge in [0.1, 0.15) is 30.4 Å². The third-order valence-corrected chi connectivity index (χ3v) is 28.9. The molecule has 0 spiro atoms. The molecule has 3 saturated heterocycles. The summed E-state index contributed by atoms with van der Waals surface area (Å²) in [5.74, 6) is -6.21. The molecule has 0 saturated carbocycles. The molecular weight excluding hydrogens is 1790 g/mol. The molecule has 140 heavy (non-hydrogen) atoms. The van der Waals surface area contributed by atoms with Gasteiger partial charge in [-0.05, 0) is 179 Å². The van der Waals surface area contributed by atoms with Crippen molar-refractivity contribution >= 4 is 100 Å². The molecule has 0 bridgehead atoms. The van der Waals surface area contributed by atoms with Gasteiger partial charge >= 0.3 is 0 Å². The number of aromatic nitrogens is 13. The van der Waals surface area contributed by atoms with Crippen LogP contribution in [0.5, 0.6) is 11.5 Å². The van der Waals surface area contributed by atoms with E-state index in [0.717, 1.165) is 5.56 Å². The average Bonchev–Trinajstić information content (AvgIpc) is 0.981. The standard InChI is InChI=1S/C37H37F2N5O3.C36H37F2N7O3.C35H34F2N6O2/c1-7-27(45)23-14-22-11-13-47-36-35(43(22)16-21(23)6)24-15-25(38)29(28-19(4)8-9-26-32(28)42-17-41-26)30(39)34(24)44(37(36)46)33-20(5)10-12-40-31(33)18(2)3;1-8-25(46)43-13-21-14-48-35-33(44(21)12-20(43)7)22-11-23(37)27(26-19(6)9-10-24-31(26)42-15-39-24)28(38)32(22)45(36(35)47)34-29(17(2)3)40-16-41-30(34)18(4)5;1-7-26(44)41-15-21-12-23-33(42(21)14-20(41)6)22-13-24(36)28(27-18(4)8-9-25-31(27)40-16-39-25)29(37)34(22)43(35(23)45)32-19(5)10-11-38-30(32)17(2)3/h7-10,12,15,17-18,21-23H,1,11,13-14,16H2,2-6H3,(H,41,42);8-11,15-18,20-21H,1,12-14H2,2-7H3,(H,39,42);7-11,13,16-17,20-21H,1,12,14-15H2,2-6H3,(H,39,40). The van der Waals surface area contributed by atoms with Crippen LogP contribution >= 0.6 is 0 Å². The molecule has 32 heteroatoms. The predicted molar refractivity (Wildman–Crippen MR) is 533 cm³/mol. The first kappa shape index (κ1) is 94.1. The number of halogens is 6. The number of hydrogen-bond acceptors (Lipinski definition) is 18. The highest BCUT2D eigenvalue weighted by Crippen LogP contribution is 2.52. The van der Waals surface area contributed by atoms with Crippen LogP contribution in [0.3, 0.4) is 0 Å². The molecule has 6 aliphatic heterocycles. The van der Waals surface area contributed by atoms with Crippen molar-refractivity contribution < 1.29 is 50.2 Å². The fourth-order valence-electron chi connectivity index (χ4n) is 22.2. The first-order chi connectivity index (χ1) is 67.0. The summed E-state index contributed by atoms with van der Waals surface area (Å²) < 4.78 is 119. The predicted octanol–water partition coefficient (Wildman–Crippen LogP) is 19.6. The number of pyridine rings is 5. The topological polar surface area (TPSA) is 289 Å². The number of imidazole rings is 3. The van der Waals surface area contributed by atoms with Crippen molar-refractivity contribution in [1.82, 2.24) is 73.3 Å². The van der Waals surface area contributed by atoms with Crippen molar-refractivity contribution in [2.24, 2.45) is 11.8 Å². The van der Waals surface area contributed by atoms with Gasteiger partial charge in [0.2, 0.25) is 23.3 Å². The van der Waals surface area contributed by atoms with Gasteiger partial charge in [-0.1, -0.05) is 100 Å². The van der Waals surface area contributed by atoms with Crippen molar-refractivity contribution in [2.45, 2.75) is 184 Å². The Labute approximate surface area is 802 Å². The van der Waals surface area contributed by atoms with Crippen molar-refractivity contribution in [3.05, 3.63) is 265 Å². The summed E-state index contributed by atoms with van der Waals surface area (Å²) in [6.45, 7) is 43.6. The number of carbonyl (C=O) groups is 3. The second kappa shape index (κ2) is 36.2. The van der Waals surface area contributed by atoms with E-state index in [4.69, 9.17) is 9.47 Å². The number of ketones is 1. The lowest BCUT2D eigenvalue weighted by atomic mass is 9.79. The maximum absolute atomic E-state index is 17.7. The lowest BCUT2D eigenvalue weighted by Crippen LogP contribution is -2.62. The van der Waals surface area contributed by atoms with Crippen LogP contribution in [0.1, 0.15) is 169 Å². The molecule has 7 unspecified atom stereocenters. The van der Waals surface area contributed by atoms with Gasteiger partial charge < -0.3 is 48.9 Å². The smallest absolute Gasteiger partial charge is 0.300 e. The highest BCUT2D eigenvalue weighted by molar-refractivity contribution is 6.07. The molecular formula is C108H108F6N18O8. The Morgan fingerprint density at radius 1 is 0.429 bits per heavy atom. The zero-order chi connectivity index (χ0) is 99.4. The summed E-state index contributed by atoms with van der Waals surface area (Å²) in [5.41, 5.74) is 10.3. The lowest BCUT2D eigenvalue weighted by molar-refractivity contribution is -0.129. The summed E-state index contributed by atoms with van der Waals surface area (Å²) >= 11 is 0. The highest BCUT2D eigenvalue weighted by atomic mass is 19.2. The normalized spacial score (nSPS) is 18.3. The van der Waals surface area contributed by atoms with Crippen LogP contribution in [0.4, 0.5) is 43.4 Å². The Balaban J connectivity index is 0.000000134. The molecule has 3 N–H and O–H groups in total. The first-order valence-corrected chi connectivity index (χ1v) is 47.4. The molecule has 2 amide bonds. The van der Waals surface area contributed by atoms with Crippen molar-refractivity contribution in [1.29, 1.82) is 0 Å². The number of ether oxygens (including phenoxy) is 2. The lowest BCUT2D eigenvalue weighted by Gasteiger charge is -2.48. The van der Waals surface area contributed by atoms with Gasteiger partial charge in [-0.15, -0.1) is 0 Å². The van der Waals surface area contributed by atoms with Crippen LogP contribution in [0.25, 0.3) is 116 Å². The van der Waals surface area contributed by atoms with Crippen LogP contribution < -0.4 is 40.9 Å². The van der Waals surface area contributed by atoms with E-state index in [-0.39, 0.29) is 158 Å². The van der Waals surface area contributed by atoms with Gasteiger partial charge in [0.15, 0.2) is 23.2 Å². The number of anilines is 3. The molecule has 7 atom stereocenters. The van der Waals surface area contributed by atoms with E-state index < -0.39 is 46.0 Å². The second-order valence-electron chi connectivity index (χ2n) is 39.0. The van der Waals surface area contributed by atoms with E-state index in [0.29, 0.717) is 192 Å². The summed E-state index contributed by atoms with van der Waals surface area (Å²) in [5, 5.41) is 0.700. The number of aromatic amines is 3. The minimum atomic E-state index is -0.910. The molecule has 3 fully saturated rings. The minimum Gasteiger partial charge on any atom is -0.486 e. The Kier molecular flexibility index (Phi) is 24.3. The third kappa shape index (κ3) is 15.1. The van der Waals surface area contributed by atoms with Crippen LogP contribution in [0.15, 0.2) is 157 Å². The minimum absolute atomic E-state index is 0.00186. The van der Waals surface area contributed by atoms with Gasteiger partial charge in [-0.3, -0.25) is 52.4 Å². The van der Waals surface area contributed by atoms with Crippen molar-refractivity contribution in [3.63, 3.8) is 0 Å². The Morgan fingerprint density at radius 2 is 0.814 bits per heavy atom. The molecule has 15 heterocycles. The number of benzene rings is 6. The van der Waals surface area contributed by atoms with Crippen LogP contribution in [0, 0.1) is 81.4 Å². The molecule has 720 valence electrons. The summed E-state index contributed by atoms with van der Waals surface area (Å²) in [4.78, 5) is 133. The van der Waals surface area contributed by atoms with Gasteiger partial charge in [-0.25, -0.2) is 51.3 Å². The molecule has 0 radical (unpaired) electrons. The number of carbonyl (C=O) groups excluding carboxylic acids is 3. The van der Waals surface area contributed by atoms with Gasteiger partial charge in [-0.2, -0.15) is 0 Å². The number of aryl methyl sites for hydroxylation is 5. The molecule has 6 aromatic carbocycles. The average molecular weight is 1900 g/mol. The number of H-pyrrole nitrogens is 3. The second-order valence-corrected chi connectivity index (χ2v) is 39.0. The zero-order valence-electron chi connectivity index (χ0n) is 80.8. The Morgan fingerprint density at radius 3 is 1.24 bits per heavy atom. The zero-order valence-corrected chi connectivity index (χ0v) is 80.8. The summed E-state index contributed by atoms with van der Waals surface area (Å²) in [7, 11) is 0. The van der Waals surface area contributed by atoms with E-state index in [1.165, 1.54) is 75.4 Å². The monoisotopic (exact) mass is 1900 g/mol. The number of piperazine rings is 2. The number of piperidine rings is 1. The maximum atomic E-state index is 17.7. The van der Waals surface area contributed by atoms with Crippen LogP contribution in [0.2, 0.25) is 0 Å². The van der Waals surface area contributed by atoms with Crippen molar-refractivity contribution in [2.75, 3.05) is 60.6 Å². The van der Waals surface area contributed by atoms with E-state index in [1.54, 1.807) is 73.3 Å². The van der Waals surface area contributed by atoms with Gasteiger partial charge in [0, 0.05) is 120 Å². The molecule has 6 aliphatic rings. The molecule has 21 rings (SSSR count). The Bertz CT molecular complexity index is 7940. The first-order valence-electron chi connectivity index (χ1n) is 47.4. The molecule has 15 aromatic rings. The van der Waals surface area contributed by atoms with Crippen LogP contribution in [-0.2, 0) is 20.8 Å². The van der Waals surface area contributed by atoms with Crippen LogP contribution in [-0.4, -0.2) is 167 Å². The van der Waals surface area contributed by atoms with E-state index in [2.05, 4.69) is 74.5 Å². The van der Waals surface area contributed by atoms with E-state index in [9.17, 15) is 28.8 Å². The van der Waals surface area contributed by atoms with Gasteiger partial charge in [0.25, 0.3) is 16.7 Å². The number of allylic oxidation sites excluding steroid dienone is 1. The fraction of sp³-hybridized carbons (Fsp3) is 0.343. The Hall–Kier alpha value is -14.9. The fourth-order valence-corrected chi connectivity index (χ4v) is 22.2.